The molecule has 9 heteroatoms. The smallest absolute Gasteiger partial charge is 0.224 e. The first-order chi connectivity index (χ1) is 12.9. The Morgan fingerprint density at radius 1 is 1.30 bits per heavy atom. The number of hydrogen-bond acceptors (Lipinski definition) is 7. The fourth-order valence-corrected chi connectivity index (χ4v) is 4.22. The van der Waals surface area contributed by atoms with Gasteiger partial charge in [-0.2, -0.15) is 4.98 Å². The average molecular weight is 410 g/mol. The van der Waals surface area contributed by atoms with Gasteiger partial charge in [0.15, 0.2) is 15.7 Å². The molecule has 27 heavy (non-hydrogen) atoms. The fraction of sp³-hybridized carbons (Fsp3) is 0.444. The van der Waals surface area contributed by atoms with Gasteiger partial charge < -0.3 is 16.0 Å². The molecule has 1 saturated heterocycles. The molecular weight excluding hydrogens is 386 g/mol. The van der Waals surface area contributed by atoms with Crippen LogP contribution in [0, 0.1) is 0 Å². The molecule has 0 aliphatic carbocycles. The van der Waals surface area contributed by atoms with Crippen molar-refractivity contribution in [1.82, 2.24) is 15.3 Å². The second-order valence-corrected chi connectivity index (χ2v) is 9.67. The molecule has 1 fully saturated rings. The van der Waals surface area contributed by atoms with Crippen LogP contribution in [-0.2, 0) is 9.84 Å². The first-order valence-electron chi connectivity index (χ1n) is 8.97. The van der Waals surface area contributed by atoms with Crippen molar-refractivity contribution in [3.05, 3.63) is 35.5 Å². The molecule has 0 radical (unpaired) electrons. The number of halogens is 1. The number of aromatic nitrogens is 2. The van der Waals surface area contributed by atoms with Gasteiger partial charge in [-0.05, 0) is 45.4 Å². The summed E-state index contributed by atoms with van der Waals surface area (Å²) in [5, 5.41) is 9.47. The number of para-hydroxylation sites is 1. The van der Waals surface area contributed by atoms with E-state index in [1.165, 1.54) is 6.20 Å². The second kappa shape index (κ2) is 8.41. The van der Waals surface area contributed by atoms with Crippen LogP contribution < -0.4 is 16.0 Å². The number of nitrogens with one attached hydrogen (secondary N) is 3. The van der Waals surface area contributed by atoms with Gasteiger partial charge in [0.1, 0.15) is 5.02 Å². The molecule has 0 saturated carbocycles. The highest BCUT2D eigenvalue weighted by atomic mass is 35.5. The van der Waals surface area contributed by atoms with Crippen molar-refractivity contribution in [1.29, 1.82) is 0 Å². The van der Waals surface area contributed by atoms with Crippen molar-refractivity contribution < 1.29 is 8.42 Å². The zero-order valence-corrected chi connectivity index (χ0v) is 16.9. The molecule has 0 amide bonds. The molecule has 7 nitrogen and oxygen atoms in total. The number of hydrogen-bond donors (Lipinski definition) is 3. The monoisotopic (exact) mass is 409 g/mol. The topological polar surface area (TPSA) is 96.0 Å². The van der Waals surface area contributed by atoms with Gasteiger partial charge in [0.2, 0.25) is 5.95 Å². The van der Waals surface area contributed by atoms with Crippen LogP contribution in [-0.4, -0.2) is 42.8 Å². The predicted molar refractivity (Wildman–Crippen MR) is 109 cm³/mol. The van der Waals surface area contributed by atoms with Crippen LogP contribution in [0.5, 0.6) is 0 Å². The third-order valence-electron chi connectivity index (χ3n) is 4.44. The summed E-state index contributed by atoms with van der Waals surface area (Å²) in [6.45, 7) is 5.19. The van der Waals surface area contributed by atoms with E-state index in [4.69, 9.17) is 11.6 Å². The fourth-order valence-electron chi connectivity index (χ4n) is 2.88. The quantitative estimate of drug-likeness (QED) is 0.674. The van der Waals surface area contributed by atoms with Gasteiger partial charge in [-0.1, -0.05) is 23.7 Å². The van der Waals surface area contributed by atoms with Crippen LogP contribution >= 0.6 is 11.6 Å². The molecule has 3 N–H and O–H groups in total. The van der Waals surface area contributed by atoms with Crippen molar-refractivity contribution in [2.75, 3.05) is 23.7 Å². The van der Waals surface area contributed by atoms with Gasteiger partial charge in [0, 0.05) is 12.6 Å². The minimum absolute atomic E-state index is 0.223. The summed E-state index contributed by atoms with van der Waals surface area (Å²) in [5.74, 6) is 0.823. The Balaban J connectivity index is 1.87. The number of rotatable bonds is 6. The maximum atomic E-state index is 12.6. The Hall–Kier alpha value is -1.90. The maximum absolute atomic E-state index is 12.6. The molecule has 1 aliphatic rings. The summed E-state index contributed by atoms with van der Waals surface area (Å²) in [6.07, 6.45) is 3.64. The number of nitrogens with zero attached hydrogens (tertiary/aromatic N) is 2. The van der Waals surface area contributed by atoms with Crippen molar-refractivity contribution >= 4 is 38.9 Å². The lowest BCUT2D eigenvalue weighted by Crippen LogP contribution is -2.38. The maximum Gasteiger partial charge on any atom is 0.224 e. The van der Waals surface area contributed by atoms with Gasteiger partial charge in [0.05, 0.1) is 22.0 Å². The normalized spacial score (nSPS) is 17.7. The molecule has 0 unspecified atom stereocenters. The van der Waals surface area contributed by atoms with Gasteiger partial charge >= 0.3 is 0 Å². The number of sulfone groups is 1. The SMILES string of the molecule is CC(C)S(=O)(=O)c1ccccc1Nc1nc(N[C@@H]2CCCNC2)ncc1Cl. The lowest BCUT2D eigenvalue weighted by atomic mass is 10.1. The summed E-state index contributed by atoms with van der Waals surface area (Å²) < 4.78 is 25.3. The van der Waals surface area contributed by atoms with E-state index < -0.39 is 15.1 Å². The van der Waals surface area contributed by atoms with Gasteiger partial charge in [-0.3, -0.25) is 0 Å². The van der Waals surface area contributed by atoms with Crippen LogP contribution in [0.3, 0.4) is 0 Å². The first kappa shape index (κ1) is 19.9. The highest BCUT2D eigenvalue weighted by Crippen LogP contribution is 2.30. The lowest BCUT2D eigenvalue weighted by Gasteiger charge is -2.24. The Labute approximate surface area is 164 Å². The highest BCUT2D eigenvalue weighted by molar-refractivity contribution is 7.92. The summed E-state index contributed by atoms with van der Waals surface area (Å²) >= 11 is 6.24. The minimum atomic E-state index is -3.45. The molecule has 1 atom stereocenters. The minimum Gasteiger partial charge on any atom is -0.350 e. The molecule has 146 valence electrons. The predicted octanol–water partition coefficient (Wildman–Crippen LogP) is 3.22. The van der Waals surface area contributed by atoms with E-state index in [0.717, 1.165) is 25.9 Å². The van der Waals surface area contributed by atoms with E-state index in [1.807, 2.05) is 0 Å². The van der Waals surface area contributed by atoms with Crippen LogP contribution in [0.4, 0.5) is 17.5 Å². The molecule has 1 aromatic heterocycles. The number of piperidine rings is 1. The Bertz CT molecular complexity index is 898. The molecule has 0 bridgehead atoms. The summed E-state index contributed by atoms with van der Waals surface area (Å²) in [4.78, 5) is 8.90. The average Bonchev–Trinajstić information content (AvgIpc) is 2.65. The Kier molecular flexibility index (Phi) is 6.18. The number of anilines is 3. The van der Waals surface area contributed by atoms with Gasteiger partial charge in [-0.15, -0.1) is 0 Å². The molecule has 2 aromatic rings. The molecule has 2 heterocycles. The van der Waals surface area contributed by atoms with E-state index in [9.17, 15) is 8.42 Å². The van der Waals surface area contributed by atoms with Crippen molar-refractivity contribution in [2.45, 2.75) is 42.9 Å². The van der Waals surface area contributed by atoms with Crippen LogP contribution in [0.15, 0.2) is 35.4 Å². The van der Waals surface area contributed by atoms with E-state index in [0.29, 0.717) is 22.5 Å². The summed E-state index contributed by atoms with van der Waals surface area (Å²) in [6, 6.07) is 7.00. The van der Waals surface area contributed by atoms with Crippen LogP contribution in [0.25, 0.3) is 0 Å². The molecular formula is C18H24ClN5O2S. The van der Waals surface area contributed by atoms with Crippen molar-refractivity contribution in [2.24, 2.45) is 0 Å². The Morgan fingerprint density at radius 3 is 2.78 bits per heavy atom. The van der Waals surface area contributed by atoms with Gasteiger partial charge in [0.25, 0.3) is 0 Å². The van der Waals surface area contributed by atoms with Crippen molar-refractivity contribution in [3.8, 4) is 0 Å². The van der Waals surface area contributed by atoms with Crippen molar-refractivity contribution in [3.63, 3.8) is 0 Å². The molecule has 3 rings (SSSR count). The molecule has 0 spiro atoms. The highest BCUT2D eigenvalue weighted by Gasteiger charge is 2.23. The first-order valence-corrected chi connectivity index (χ1v) is 10.9. The summed E-state index contributed by atoms with van der Waals surface area (Å²) in [7, 11) is -3.45. The molecule has 1 aromatic carbocycles. The zero-order chi connectivity index (χ0) is 19.4. The third kappa shape index (κ3) is 4.69. The van der Waals surface area contributed by atoms with E-state index >= 15 is 0 Å². The van der Waals surface area contributed by atoms with Crippen LogP contribution in [0.2, 0.25) is 5.02 Å². The standard InChI is InChI=1S/C18H24ClN5O2S/c1-12(2)27(25,26)16-8-4-3-7-15(16)23-17-14(19)11-21-18(24-17)22-13-6-5-9-20-10-13/h3-4,7-8,11-13,20H,5-6,9-10H2,1-2H3,(H2,21,22,23,24)/t13-/m1/s1. The third-order valence-corrected chi connectivity index (χ3v) is 6.93. The summed E-state index contributed by atoms with van der Waals surface area (Å²) in [5.41, 5.74) is 0.442. The lowest BCUT2D eigenvalue weighted by molar-refractivity contribution is 0.478. The van der Waals surface area contributed by atoms with E-state index in [1.54, 1.807) is 38.1 Å². The van der Waals surface area contributed by atoms with E-state index in [-0.39, 0.29) is 10.9 Å². The Morgan fingerprint density at radius 2 is 2.07 bits per heavy atom. The zero-order valence-electron chi connectivity index (χ0n) is 15.4. The van der Waals surface area contributed by atoms with Gasteiger partial charge in [-0.25, -0.2) is 13.4 Å². The largest absolute Gasteiger partial charge is 0.350 e. The molecule has 1 aliphatic heterocycles. The second-order valence-electron chi connectivity index (χ2n) is 6.79. The van der Waals surface area contributed by atoms with Crippen LogP contribution in [0.1, 0.15) is 26.7 Å². The number of benzene rings is 1. The van der Waals surface area contributed by atoms with E-state index in [2.05, 4.69) is 25.9 Å².